The molecule has 27 heavy (non-hydrogen) atoms. The molecule has 0 aromatic heterocycles. The van der Waals surface area contributed by atoms with E-state index in [2.05, 4.69) is 4.90 Å². The van der Waals surface area contributed by atoms with Gasteiger partial charge in [-0.1, -0.05) is 25.0 Å². The van der Waals surface area contributed by atoms with Crippen LogP contribution in [0.15, 0.2) is 24.3 Å². The first-order valence-corrected chi connectivity index (χ1v) is 9.89. The molecule has 2 atom stereocenters. The number of hydrogen-bond donors (Lipinski definition) is 1. The Kier molecular flexibility index (Phi) is 6.06. The van der Waals surface area contributed by atoms with E-state index in [1.54, 1.807) is 17.0 Å². The van der Waals surface area contributed by atoms with E-state index >= 15 is 0 Å². The lowest BCUT2D eigenvalue weighted by atomic mass is 10.1. The fourth-order valence-corrected chi connectivity index (χ4v) is 4.12. The minimum Gasteiger partial charge on any atom is -0.444 e. The highest BCUT2D eigenvalue weighted by atomic mass is 19.1. The number of aliphatic hydroxyl groups is 1. The molecule has 0 unspecified atom stereocenters. The summed E-state index contributed by atoms with van der Waals surface area (Å²) in [6.45, 7) is 6.91. The van der Waals surface area contributed by atoms with Gasteiger partial charge in [0, 0.05) is 19.1 Å². The molecule has 1 saturated carbocycles. The van der Waals surface area contributed by atoms with Gasteiger partial charge in [0.05, 0.1) is 18.7 Å². The molecule has 1 amide bonds. The van der Waals surface area contributed by atoms with Crippen molar-refractivity contribution in [2.45, 2.75) is 76.8 Å². The van der Waals surface area contributed by atoms with Crippen LogP contribution in [0.25, 0.3) is 0 Å². The molecule has 5 nitrogen and oxygen atoms in total. The van der Waals surface area contributed by atoms with Gasteiger partial charge in [-0.15, -0.1) is 0 Å². The van der Waals surface area contributed by atoms with Crippen LogP contribution in [0.3, 0.4) is 0 Å². The molecule has 6 heteroatoms. The Labute approximate surface area is 161 Å². The van der Waals surface area contributed by atoms with E-state index in [-0.39, 0.29) is 24.5 Å². The lowest BCUT2D eigenvalue weighted by molar-refractivity contribution is 0.0267. The lowest BCUT2D eigenvalue weighted by Gasteiger charge is -2.35. The van der Waals surface area contributed by atoms with Gasteiger partial charge in [-0.05, 0) is 51.3 Å². The standard InChI is InChI=1S/C21H31FN2O3/c1-21(2,3)27-20(26)23-13-18(19(25)14-23)24(17-6-4-5-7-17)12-15-8-10-16(22)11-9-15/h8-11,17-19,25H,4-7,12-14H2,1-3H3/t18-,19-/m1/s1. The van der Waals surface area contributed by atoms with E-state index in [9.17, 15) is 14.3 Å². The van der Waals surface area contributed by atoms with E-state index in [1.165, 1.54) is 25.0 Å². The molecule has 0 spiro atoms. The second-order valence-electron chi connectivity index (χ2n) is 8.76. The molecule has 1 aromatic rings. The normalized spacial score (nSPS) is 24.0. The number of rotatable bonds is 4. The predicted molar refractivity (Wildman–Crippen MR) is 102 cm³/mol. The summed E-state index contributed by atoms with van der Waals surface area (Å²) in [5.74, 6) is -0.247. The zero-order valence-corrected chi connectivity index (χ0v) is 16.5. The van der Waals surface area contributed by atoms with Crippen LogP contribution in [0, 0.1) is 5.82 Å². The second-order valence-corrected chi connectivity index (χ2v) is 8.76. The summed E-state index contributed by atoms with van der Waals surface area (Å²) in [4.78, 5) is 16.3. The van der Waals surface area contributed by atoms with Crippen molar-refractivity contribution >= 4 is 6.09 Å². The van der Waals surface area contributed by atoms with Crippen molar-refractivity contribution < 1.29 is 19.0 Å². The highest BCUT2D eigenvalue weighted by molar-refractivity contribution is 5.68. The van der Waals surface area contributed by atoms with Crippen LogP contribution in [0.1, 0.15) is 52.0 Å². The van der Waals surface area contributed by atoms with Crippen molar-refractivity contribution in [2.75, 3.05) is 13.1 Å². The summed E-state index contributed by atoms with van der Waals surface area (Å²) in [6.07, 6.45) is 3.57. The minimum absolute atomic E-state index is 0.134. The highest BCUT2D eigenvalue weighted by Crippen LogP contribution is 2.30. The molecule has 1 saturated heterocycles. The predicted octanol–water partition coefficient (Wildman–Crippen LogP) is 3.55. The van der Waals surface area contributed by atoms with Crippen molar-refractivity contribution in [1.29, 1.82) is 0 Å². The van der Waals surface area contributed by atoms with Gasteiger partial charge >= 0.3 is 6.09 Å². The average Bonchev–Trinajstić information content (AvgIpc) is 3.23. The summed E-state index contributed by atoms with van der Waals surface area (Å²) in [7, 11) is 0. The van der Waals surface area contributed by atoms with Gasteiger partial charge in [0.2, 0.25) is 0 Å². The molecule has 3 rings (SSSR count). The molecule has 150 valence electrons. The van der Waals surface area contributed by atoms with Gasteiger partial charge in [-0.25, -0.2) is 9.18 Å². The molecule has 2 fully saturated rings. The van der Waals surface area contributed by atoms with Gasteiger partial charge in [-0.3, -0.25) is 4.90 Å². The Hall–Kier alpha value is -1.66. The smallest absolute Gasteiger partial charge is 0.410 e. The third-order valence-corrected chi connectivity index (χ3v) is 5.41. The highest BCUT2D eigenvalue weighted by Gasteiger charge is 2.41. The Bertz CT molecular complexity index is 638. The van der Waals surface area contributed by atoms with E-state index in [0.717, 1.165) is 18.4 Å². The second kappa shape index (κ2) is 8.15. The first-order chi connectivity index (χ1) is 12.7. The zero-order chi connectivity index (χ0) is 19.6. The fraction of sp³-hybridized carbons (Fsp3) is 0.667. The molecule has 1 N–H and O–H groups in total. The first kappa shape index (κ1) is 20.1. The molecule has 0 radical (unpaired) electrons. The van der Waals surface area contributed by atoms with Crippen LogP contribution in [-0.4, -0.2) is 57.9 Å². The topological polar surface area (TPSA) is 53.0 Å². The van der Waals surface area contributed by atoms with Crippen LogP contribution in [0.4, 0.5) is 9.18 Å². The van der Waals surface area contributed by atoms with E-state index in [1.807, 2.05) is 20.8 Å². The van der Waals surface area contributed by atoms with Gasteiger partial charge < -0.3 is 14.7 Å². The van der Waals surface area contributed by atoms with Crippen LogP contribution >= 0.6 is 0 Å². The van der Waals surface area contributed by atoms with Crippen molar-refractivity contribution in [2.24, 2.45) is 0 Å². The van der Waals surface area contributed by atoms with E-state index in [4.69, 9.17) is 4.74 Å². The molecular formula is C21H31FN2O3. The Morgan fingerprint density at radius 1 is 1.22 bits per heavy atom. The lowest BCUT2D eigenvalue weighted by Crippen LogP contribution is -2.48. The molecular weight excluding hydrogens is 347 g/mol. The fourth-order valence-electron chi connectivity index (χ4n) is 4.12. The Morgan fingerprint density at radius 2 is 1.85 bits per heavy atom. The molecule has 2 aliphatic rings. The summed E-state index contributed by atoms with van der Waals surface area (Å²) in [5, 5.41) is 10.7. The van der Waals surface area contributed by atoms with Crippen molar-refractivity contribution in [3.8, 4) is 0 Å². The quantitative estimate of drug-likeness (QED) is 0.871. The average molecular weight is 378 g/mol. The first-order valence-electron chi connectivity index (χ1n) is 9.89. The number of amides is 1. The Balaban J connectivity index is 1.73. The SMILES string of the molecule is CC(C)(C)OC(=O)N1C[C@@H](O)[C@H](N(Cc2ccc(F)cc2)C2CCCC2)C1. The zero-order valence-electron chi connectivity index (χ0n) is 16.5. The minimum atomic E-state index is -0.612. The number of carbonyl (C=O) groups is 1. The van der Waals surface area contributed by atoms with E-state index in [0.29, 0.717) is 19.1 Å². The number of likely N-dealkylation sites (tertiary alicyclic amines) is 1. The van der Waals surface area contributed by atoms with Crippen LogP contribution < -0.4 is 0 Å². The number of benzene rings is 1. The molecule has 1 aromatic carbocycles. The Morgan fingerprint density at radius 3 is 2.44 bits per heavy atom. The molecule has 1 aliphatic heterocycles. The summed E-state index contributed by atoms with van der Waals surface area (Å²) in [5.41, 5.74) is 0.463. The summed E-state index contributed by atoms with van der Waals surface area (Å²) >= 11 is 0. The van der Waals surface area contributed by atoms with Crippen LogP contribution in [-0.2, 0) is 11.3 Å². The number of hydrogen-bond acceptors (Lipinski definition) is 4. The van der Waals surface area contributed by atoms with Crippen molar-refractivity contribution in [1.82, 2.24) is 9.80 Å². The van der Waals surface area contributed by atoms with Crippen molar-refractivity contribution in [3.05, 3.63) is 35.6 Å². The maximum absolute atomic E-state index is 13.3. The molecule has 0 bridgehead atoms. The number of aliphatic hydroxyl groups excluding tert-OH is 1. The number of carbonyl (C=O) groups excluding carboxylic acids is 1. The number of nitrogens with zero attached hydrogens (tertiary/aromatic N) is 2. The monoisotopic (exact) mass is 378 g/mol. The third-order valence-electron chi connectivity index (χ3n) is 5.41. The van der Waals surface area contributed by atoms with E-state index < -0.39 is 11.7 Å². The van der Waals surface area contributed by atoms with Gasteiger partial charge in [0.1, 0.15) is 11.4 Å². The third kappa shape index (κ3) is 5.20. The number of β-amino-alcohol motifs (C(OH)–C–C–N with tert-alkyl or cyclic N) is 1. The van der Waals surface area contributed by atoms with Crippen LogP contribution in [0.2, 0.25) is 0 Å². The summed E-state index contributed by atoms with van der Waals surface area (Å²) in [6, 6.07) is 6.79. The largest absolute Gasteiger partial charge is 0.444 e. The maximum atomic E-state index is 13.3. The maximum Gasteiger partial charge on any atom is 0.410 e. The molecule has 1 aliphatic carbocycles. The number of ether oxygens (including phenoxy) is 1. The van der Waals surface area contributed by atoms with Gasteiger partial charge in [-0.2, -0.15) is 0 Å². The summed E-state index contributed by atoms with van der Waals surface area (Å²) < 4.78 is 18.7. The van der Waals surface area contributed by atoms with Gasteiger partial charge in [0.25, 0.3) is 0 Å². The van der Waals surface area contributed by atoms with Gasteiger partial charge in [0.15, 0.2) is 0 Å². The number of halogens is 1. The molecule has 1 heterocycles. The van der Waals surface area contributed by atoms with Crippen LogP contribution in [0.5, 0.6) is 0 Å². The van der Waals surface area contributed by atoms with Crippen molar-refractivity contribution in [3.63, 3.8) is 0 Å².